The molecule has 0 saturated heterocycles. The molecule has 0 saturated carbocycles. The van der Waals surface area contributed by atoms with Gasteiger partial charge >= 0.3 is 0 Å². The molecule has 1 nitrogen and oxygen atoms in total. The van der Waals surface area contributed by atoms with Crippen molar-refractivity contribution >= 4 is 17.8 Å². The number of hydrogen-bond acceptors (Lipinski definition) is 1. The van der Waals surface area contributed by atoms with Gasteiger partial charge in [0.2, 0.25) is 0 Å². The van der Waals surface area contributed by atoms with Gasteiger partial charge in [-0.3, -0.25) is 0 Å². The Labute approximate surface area is 102 Å². The fraction of sp³-hybridized carbons (Fsp3) is 0.200. The van der Waals surface area contributed by atoms with Gasteiger partial charge in [0, 0.05) is 10.6 Å². The van der Waals surface area contributed by atoms with Gasteiger partial charge in [0.1, 0.15) is 7.14 Å². The molecule has 0 unspecified atom stereocenters. The molecule has 2 aromatic rings. The molecule has 0 aliphatic carbocycles. The van der Waals surface area contributed by atoms with Crippen LogP contribution in [0.15, 0.2) is 36.4 Å². The minimum atomic E-state index is -2.38. The Bertz CT molecular complexity index is 615. The molecule has 2 heteroatoms. The largest absolute Gasteiger partial charge is 0.314 e. The lowest BCUT2D eigenvalue weighted by atomic mass is 10.0. The normalized spacial score (nSPS) is 15.5. The molecule has 1 aliphatic heterocycles. The lowest BCUT2D eigenvalue weighted by Crippen LogP contribution is -2.08. The maximum absolute atomic E-state index is 13.0. The van der Waals surface area contributed by atoms with Crippen molar-refractivity contribution in [2.24, 2.45) is 0 Å². The van der Waals surface area contributed by atoms with Crippen LogP contribution >= 0.6 is 7.14 Å². The van der Waals surface area contributed by atoms with Gasteiger partial charge in [0.15, 0.2) is 0 Å². The number of rotatable bonds is 0. The highest BCUT2D eigenvalue weighted by Gasteiger charge is 2.34. The van der Waals surface area contributed by atoms with Crippen molar-refractivity contribution in [2.75, 3.05) is 6.66 Å². The summed E-state index contributed by atoms with van der Waals surface area (Å²) < 4.78 is 13.0. The maximum Gasteiger partial charge on any atom is 0.141 e. The summed E-state index contributed by atoms with van der Waals surface area (Å²) in [6.07, 6.45) is 0. The molecule has 0 atom stereocenters. The minimum Gasteiger partial charge on any atom is -0.314 e. The highest BCUT2D eigenvalue weighted by Crippen LogP contribution is 2.50. The van der Waals surface area contributed by atoms with E-state index in [1.165, 1.54) is 11.1 Å². The second-order valence-electron chi connectivity index (χ2n) is 4.97. The average molecular weight is 242 g/mol. The molecule has 0 fully saturated rings. The Morgan fingerprint density at radius 1 is 0.824 bits per heavy atom. The molecular weight excluding hydrogens is 227 g/mol. The molecule has 0 bridgehead atoms. The van der Waals surface area contributed by atoms with Crippen molar-refractivity contribution in [2.45, 2.75) is 13.8 Å². The molecule has 86 valence electrons. The number of fused-ring (bicyclic) bond motifs is 3. The highest BCUT2D eigenvalue weighted by molar-refractivity contribution is 7.79. The van der Waals surface area contributed by atoms with Gasteiger partial charge in [0.05, 0.1) is 0 Å². The molecular formula is C15H15OP. The van der Waals surface area contributed by atoms with Crippen molar-refractivity contribution in [3.8, 4) is 11.1 Å². The first-order valence-corrected chi connectivity index (χ1v) is 7.96. The summed E-state index contributed by atoms with van der Waals surface area (Å²) in [5, 5.41) is 2.05. The first-order valence-electron chi connectivity index (χ1n) is 5.80. The Kier molecular flexibility index (Phi) is 2.12. The van der Waals surface area contributed by atoms with Crippen LogP contribution in [0, 0.1) is 13.8 Å². The van der Waals surface area contributed by atoms with Gasteiger partial charge in [-0.1, -0.05) is 35.4 Å². The van der Waals surface area contributed by atoms with Crippen LogP contribution in [-0.4, -0.2) is 6.66 Å². The Balaban J connectivity index is 2.42. The van der Waals surface area contributed by atoms with Crippen molar-refractivity contribution in [1.29, 1.82) is 0 Å². The summed E-state index contributed by atoms with van der Waals surface area (Å²) in [6, 6.07) is 12.5. The van der Waals surface area contributed by atoms with E-state index in [-0.39, 0.29) is 0 Å². The van der Waals surface area contributed by atoms with E-state index in [4.69, 9.17) is 0 Å². The Morgan fingerprint density at radius 2 is 1.24 bits per heavy atom. The molecule has 1 heterocycles. The molecule has 3 rings (SSSR count). The second kappa shape index (κ2) is 3.34. The summed E-state index contributed by atoms with van der Waals surface area (Å²) in [5.41, 5.74) is 4.65. The molecule has 2 aromatic carbocycles. The zero-order chi connectivity index (χ0) is 12.2. The molecule has 0 radical (unpaired) electrons. The molecule has 0 N–H and O–H groups in total. The second-order valence-corrected chi connectivity index (χ2v) is 7.78. The van der Waals surface area contributed by atoms with Gasteiger partial charge in [0.25, 0.3) is 0 Å². The summed E-state index contributed by atoms with van der Waals surface area (Å²) in [6.45, 7) is 5.99. The summed E-state index contributed by atoms with van der Waals surface area (Å²) >= 11 is 0. The monoisotopic (exact) mass is 242 g/mol. The quantitative estimate of drug-likeness (QED) is 0.648. The van der Waals surface area contributed by atoms with E-state index >= 15 is 0 Å². The molecule has 1 aliphatic rings. The van der Waals surface area contributed by atoms with Crippen molar-refractivity contribution in [3.63, 3.8) is 0 Å². The number of aryl methyl sites for hydroxylation is 2. The van der Waals surface area contributed by atoms with Crippen molar-refractivity contribution < 1.29 is 4.57 Å². The van der Waals surface area contributed by atoms with Crippen molar-refractivity contribution in [3.05, 3.63) is 47.5 Å². The predicted molar refractivity (Wildman–Crippen MR) is 74.2 cm³/mol. The zero-order valence-electron chi connectivity index (χ0n) is 10.3. The van der Waals surface area contributed by atoms with E-state index < -0.39 is 7.14 Å². The predicted octanol–water partition coefficient (Wildman–Crippen LogP) is 3.23. The van der Waals surface area contributed by atoms with Gasteiger partial charge in [-0.2, -0.15) is 0 Å². The summed E-state index contributed by atoms with van der Waals surface area (Å²) in [7, 11) is -2.38. The standard InChI is InChI=1S/C15H15OP/c1-10-4-6-12-13-7-5-11(2)9-15(13)17(3,16)14(12)8-10/h4-9H,1-3H3. The summed E-state index contributed by atoms with van der Waals surface area (Å²) in [5.74, 6) is 0. The van der Waals surface area contributed by atoms with Crippen molar-refractivity contribution in [1.82, 2.24) is 0 Å². The van der Waals surface area contributed by atoms with Gasteiger partial charge in [-0.25, -0.2) is 0 Å². The fourth-order valence-electron chi connectivity index (χ4n) is 2.57. The smallest absolute Gasteiger partial charge is 0.141 e. The third kappa shape index (κ3) is 1.42. The average Bonchev–Trinajstić information content (AvgIpc) is 2.49. The lowest BCUT2D eigenvalue weighted by molar-refractivity contribution is 0.591. The van der Waals surface area contributed by atoms with Crippen LogP contribution in [0.2, 0.25) is 0 Å². The van der Waals surface area contributed by atoms with Gasteiger partial charge in [-0.15, -0.1) is 0 Å². The molecule has 17 heavy (non-hydrogen) atoms. The fourth-order valence-corrected chi connectivity index (χ4v) is 5.04. The van der Waals surface area contributed by atoms with Crippen LogP contribution in [0.4, 0.5) is 0 Å². The highest BCUT2D eigenvalue weighted by atomic mass is 31.2. The third-order valence-corrected chi connectivity index (χ3v) is 6.09. The van der Waals surface area contributed by atoms with Crippen LogP contribution in [0.3, 0.4) is 0 Å². The van der Waals surface area contributed by atoms with Crippen LogP contribution in [0.5, 0.6) is 0 Å². The number of benzene rings is 2. The van der Waals surface area contributed by atoms with E-state index in [0.717, 1.165) is 21.7 Å². The third-order valence-electron chi connectivity index (χ3n) is 3.52. The van der Waals surface area contributed by atoms with E-state index in [9.17, 15) is 4.57 Å². The zero-order valence-corrected chi connectivity index (χ0v) is 11.2. The van der Waals surface area contributed by atoms with Gasteiger partial charge < -0.3 is 4.57 Å². The Morgan fingerprint density at radius 3 is 1.65 bits per heavy atom. The molecule has 0 amide bonds. The number of hydrogen-bond donors (Lipinski definition) is 0. The van der Waals surface area contributed by atoms with Crippen LogP contribution < -0.4 is 10.6 Å². The maximum atomic E-state index is 13.0. The first-order chi connectivity index (χ1) is 8.00. The van der Waals surface area contributed by atoms with Crippen LogP contribution in [0.25, 0.3) is 11.1 Å². The van der Waals surface area contributed by atoms with E-state index in [0.29, 0.717) is 0 Å². The molecule has 0 spiro atoms. The Hall–Kier alpha value is -1.33. The lowest BCUT2D eigenvalue weighted by Gasteiger charge is -2.09. The topological polar surface area (TPSA) is 17.1 Å². The summed E-state index contributed by atoms with van der Waals surface area (Å²) in [4.78, 5) is 0. The van der Waals surface area contributed by atoms with Gasteiger partial charge in [-0.05, 0) is 43.8 Å². The van der Waals surface area contributed by atoms with E-state index in [1.807, 2.05) is 6.66 Å². The van der Waals surface area contributed by atoms with E-state index in [2.05, 4.69) is 50.2 Å². The molecule has 0 aromatic heterocycles. The van der Waals surface area contributed by atoms with Crippen LogP contribution in [0.1, 0.15) is 11.1 Å². The van der Waals surface area contributed by atoms with E-state index in [1.54, 1.807) is 0 Å². The first kappa shape index (κ1) is 10.8. The SMILES string of the molecule is Cc1ccc2c(c1)P(C)(=O)c1cc(C)ccc1-2. The van der Waals surface area contributed by atoms with Crippen LogP contribution in [-0.2, 0) is 4.57 Å². The minimum absolute atomic E-state index is 1.03.